The van der Waals surface area contributed by atoms with Crippen LogP contribution in [0.1, 0.15) is 5.56 Å². The Bertz CT molecular complexity index is 808. The molecule has 0 aliphatic carbocycles. The molecule has 0 bridgehead atoms. The Labute approximate surface area is 129 Å². The zero-order valence-electron chi connectivity index (χ0n) is 12.3. The molecule has 0 aliphatic heterocycles. The molecule has 0 radical (unpaired) electrons. The van der Waals surface area contributed by atoms with Gasteiger partial charge in [0.2, 0.25) is 0 Å². The van der Waals surface area contributed by atoms with Crippen LogP contribution in [0.4, 0.5) is 0 Å². The fraction of sp³-hybridized carbons (Fsp3) is 0.105. The van der Waals surface area contributed by atoms with Crippen molar-refractivity contribution in [3.63, 3.8) is 0 Å². The lowest BCUT2D eigenvalue weighted by atomic mass is 10.1. The number of ether oxygens (including phenoxy) is 2. The van der Waals surface area contributed by atoms with E-state index in [1.165, 1.54) is 0 Å². The number of benzene rings is 3. The van der Waals surface area contributed by atoms with Crippen LogP contribution in [-0.2, 0) is 11.2 Å². The molecular weight excluding hydrogens is 276 g/mol. The second kappa shape index (κ2) is 6.31. The lowest BCUT2D eigenvalue weighted by Crippen LogP contribution is -2.11. The van der Waals surface area contributed by atoms with E-state index in [9.17, 15) is 4.79 Å². The molecule has 0 amide bonds. The summed E-state index contributed by atoms with van der Waals surface area (Å²) in [6.07, 6.45) is 0.177. The second-order valence-electron chi connectivity index (χ2n) is 4.97. The summed E-state index contributed by atoms with van der Waals surface area (Å²) in [6.45, 7) is 0. The van der Waals surface area contributed by atoms with Crippen molar-refractivity contribution in [3.8, 4) is 11.5 Å². The van der Waals surface area contributed by atoms with Gasteiger partial charge in [-0.2, -0.15) is 0 Å². The van der Waals surface area contributed by atoms with E-state index in [2.05, 4.69) is 0 Å². The van der Waals surface area contributed by atoms with E-state index < -0.39 is 0 Å². The average Bonchev–Trinajstić information content (AvgIpc) is 2.55. The first-order valence-corrected chi connectivity index (χ1v) is 7.07. The number of carbonyl (C=O) groups excluding carboxylic acids is 1. The third-order valence-corrected chi connectivity index (χ3v) is 3.48. The lowest BCUT2D eigenvalue weighted by molar-refractivity contribution is -0.133. The normalized spacial score (nSPS) is 10.4. The zero-order valence-corrected chi connectivity index (χ0v) is 12.3. The van der Waals surface area contributed by atoms with Gasteiger partial charge in [-0.15, -0.1) is 0 Å². The maximum atomic E-state index is 12.1. The Kier molecular flexibility index (Phi) is 4.05. The quantitative estimate of drug-likeness (QED) is 0.538. The van der Waals surface area contributed by atoms with Crippen molar-refractivity contribution in [3.05, 3.63) is 72.3 Å². The third-order valence-electron chi connectivity index (χ3n) is 3.48. The predicted molar refractivity (Wildman–Crippen MR) is 86.3 cm³/mol. The fourth-order valence-corrected chi connectivity index (χ4v) is 2.40. The van der Waals surface area contributed by atoms with Crippen molar-refractivity contribution in [2.24, 2.45) is 0 Å². The predicted octanol–water partition coefficient (Wildman–Crippen LogP) is 4.00. The summed E-state index contributed by atoms with van der Waals surface area (Å²) >= 11 is 0. The summed E-state index contributed by atoms with van der Waals surface area (Å²) in [4.78, 5) is 12.1. The minimum absolute atomic E-state index is 0.177. The highest BCUT2D eigenvalue weighted by atomic mass is 16.5. The Morgan fingerprint density at radius 3 is 2.45 bits per heavy atom. The summed E-state index contributed by atoms with van der Waals surface area (Å²) in [5.74, 6) is 0.941. The molecule has 22 heavy (non-hydrogen) atoms. The first kappa shape index (κ1) is 14.1. The van der Waals surface area contributed by atoms with Crippen molar-refractivity contribution in [2.45, 2.75) is 6.42 Å². The molecule has 3 heteroatoms. The van der Waals surface area contributed by atoms with Crippen LogP contribution >= 0.6 is 0 Å². The first-order valence-electron chi connectivity index (χ1n) is 7.07. The molecule has 0 N–H and O–H groups in total. The van der Waals surface area contributed by atoms with Gasteiger partial charge in [0, 0.05) is 5.56 Å². The zero-order chi connectivity index (χ0) is 15.4. The Hall–Kier alpha value is -2.81. The van der Waals surface area contributed by atoms with Crippen molar-refractivity contribution in [1.82, 2.24) is 0 Å². The summed E-state index contributed by atoms with van der Waals surface area (Å²) in [5.41, 5.74) is 0.816. The van der Waals surface area contributed by atoms with Gasteiger partial charge in [0.1, 0.15) is 11.5 Å². The molecule has 0 spiro atoms. The van der Waals surface area contributed by atoms with Crippen molar-refractivity contribution >= 4 is 16.7 Å². The minimum Gasteiger partial charge on any atom is -0.496 e. The van der Waals surface area contributed by atoms with E-state index in [4.69, 9.17) is 9.47 Å². The smallest absolute Gasteiger partial charge is 0.315 e. The van der Waals surface area contributed by atoms with Gasteiger partial charge in [-0.3, -0.25) is 4.79 Å². The standard InChI is InChI=1S/C19H16O3/c1-21-18-9-5-4-8-16(18)13-19(20)22-17-11-10-14-6-2-3-7-15(14)12-17/h2-12H,13H2,1H3. The van der Waals surface area contributed by atoms with Gasteiger partial charge >= 0.3 is 5.97 Å². The molecular formula is C19H16O3. The molecule has 0 atom stereocenters. The summed E-state index contributed by atoms with van der Waals surface area (Å²) in [6, 6.07) is 21.0. The maximum absolute atomic E-state index is 12.1. The Morgan fingerprint density at radius 1 is 0.909 bits per heavy atom. The van der Waals surface area contributed by atoms with Crippen LogP contribution in [0.3, 0.4) is 0 Å². The maximum Gasteiger partial charge on any atom is 0.315 e. The molecule has 0 aromatic heterocycles. The molecule has 0 saturated carbocycles. The molecule has 0 heterocycles. The number of methoxy groups -OCH3 is 1. The van der Waals surface area contributed by atoms with Gasteiger partial charge in [-0.1, -0.05) is 48.5 Å². The van der Waals surface area contributed by atoms with Crippen molar-refractivity contribution < 1.29 is 14.3 Å². The van der Waals surface area contributed by atoms with Gasteiger partial charge in [0.25, 0.3) is 0 Å². The number of fused-ring (bicyclic) bond motifs is 1. The van der Waals surface area contributed by atoms with Crippen LogP contribution in [0.2, 0.25) is 0 Å². The van der Waals surface area contributed by atoms with Crippen LogP contribution in [0.5, 0.6) is 11.5 Å². The van der Waals surface area contributed by atoms with Crippen molar-refractivity contribution in [2.75, 3.05) is 7.11 Å². The molecule has 0 unspecified atom stereocenters. The molecule has 0 aliphatic rings. The van der Waals surface area contributed by atoms with Crippen molar-refractivity contribution in [1.29, 1.82) is 0 Å². The summed E-state index contributed by atoms with van der Waals surface area (Å²) < 4.78 is 10.7. The minimum atomic E-state index is -0.306. The number of carbonyl (C=O) groups is 1. The van der Waals surface area contributed by atoms with Gasteiger partial charge < -0.3 is 9.47 Å². The summed E-state index contributed by atoms with van der Waals surface area (Å²) in [7, 11) is 1.59. The van der Waals surface area contributed by atoms with Crippen LogP contribution < -0.4 is 9.47 Å². The Morgan fingerprint density at radius 2 is 1.64 bits per heavy atom. The van der Waals surface area contributed by atoms with E-state index in [1.807, 2.05) is 66.7 Å². The highest BCUT2D eigenvalue weighted by Crippen LogP contribution is 2.22. The molecule has 0 fully saturated rings. The first-order chi connectivity index (χ1) is 10.8. The highest BCUT2D eigenvalue weighted by molar-refractivity contribution is 5.85. The Balaban J connectivity index is 1.75. The van der Waals surface area contributed by atoms with E-state index in [1.54, 1.807) is 7.11 Å². The summed E-state index contributed by atoms with van der Waals surface area (Å²) in [5, 5.41) is 2.16. The van der Waals surface area contributed by atoms with Crippen LogP contribution in [-0.4, -0.2) is 13.1 Å². The van der Waals surface area contributed by atoms with Gasteiger partial charge in [-0.05, 0) is 29.0 Å². The number of hydrogen-bond donors (Lipinski definition) is 0. The number of rotatable bonds is 4. The molecule has 3 aromatic rings. The molecule has 0 saturated heterocycles. The molecule has 3 nitrogen and oxygen atoms in total. The highest BCUT2D eigenvalue weighted by Gasteiger charge is 2.10. The molecule has 3 rings (SSSR count). The SMILES string of the molecule is COc1ccccc1CC(=O)Oc1ccc2ccccc2c1. The van der Waals surface area contributed by atoms with E-state index in [0.717, 1.165) is 16.3 Å². The van der Waals surface area contributed by atoms with Crippen LogP contribution in [0.25, 0.3) is 10.8 Å². The van der Waals surface area contributed by atoms with Gasteiger partial charge in [0.05, 0.1) is 13.5 Å². The monoisotopic (exact) mass is 292 g/mol. The number of para-hydroxylation sites is 1. The van der Waals surface area contributed by atoms with E-state index in [-0.39, 0.29) is 12.4 Å². The van der Waals surface area contributed by atoms with Crippen LogP contribution in [0.15, 0.2) is 66.7 Å². The average molecular weight is 292 g/mol. The topological polar surface area (TPSA) is 35.5 Å². The molecule has 3 aromatic carbocycles. The van der Waals surface area contributed by atoms with E-state index in [0.29, 0.717) is 11.5 Å². The van der Waals surface area contributed by atoms with Gasteiger partial charge in [0.15, 0.2) is 0 Å². The lowest BCUT2D eigenvalue weighted by Gasteiger charge is -2.08. The van der Waals surface area contributed by atoms with E-state index >= 15 is 0 Å². The second-order valence-corrected chi connectivity index (χ2v) is 4.97. The largest absolute Gasteiger partial charge is 0.496 e. The number of hydrogen-bond acceptors (Lipinski definition) is 3. The fourth-order valence-electron chi connectivity index (χ4n) is 2.40. The number of esters is 1. The van der Waals surface area contributed by atoms with Crippen LogP contribution in [0, 0.1) is 0 Å². The third kappa shape index (κ3) is 3.09. The van der Waals surface area contributed by atoms with Gasteiger partial charge in [-0.25, -0.2) is 0 Å². The molecule has 110 valence electrons.